The molecule has 5 heteroatoms. The van der Waals surface area contributed by atoms with Crippen LogP contribution >= 0.6 is 0 Å². The number of hydrogen-bond acceptors (Lipinski definition) is 4. The van der Waals surface area contributed by atoms with Gasteiger partial charge in [-0.15, -0.1) is 0 Å². The number of hydrogen-bond donors (Lipinski definition) is 3. The van der Waals surface area contributed by atoms with Crippen molar-refractivity contribution in [3.05, 3.63) is 11.8 Å². The molecule has 0 aromatic heterocycles. The zero-order valence-electron chi connectivity index (χ0n) is 15.0. The van der Waals surface area contributed by atoms with Gasteiger partial charge in [-0.25, -0.2) is 4.79 Å². The second-order valence-corrected chi connectivity index (χ2v) is 8.34. The fourth-order valence-electron chi connectivity index (χ4n) is 5.46. The minimum absolute atomic E-state index is 0.101. The molecule has 0 saturated heterocycles. The van der Waals surface area contributed by atoms with Gasteiger partial charge in [0.05, 0.1) is 11.9 Å². The van der Waals surface area contributed by atoms with Crippen molar-refractivity contribution < 1.29 is 24.9 Å². The molecule has 0 heterocycles. The fraction of sp³-hybridized carbons (Fsp3) is 0.850. The number of ether oxygens (including phenoxy) is 1. The van der Waals surface area contributed by atoms with Crippen molar-refractivity contribution in [1.82, 2.24) is 0 Å². The van der Waals surface area contributed by atoms with Gasteiger partial charge in [0.15, 0.2) is 0 Å². The van der Waals surface area contributed by atoms with Gasteiger partial charge in [-0.1, -0.05) is 25.7 Å². The monoisotopic (exact) mass is 352 g/mol. The summed E-state index contributed by atoms with van der Waals surface area (Å²) in [6, 6.07) is 0. The summed E-state index contributed by atoms with van der Waals surface area (Å²) in [5.41, 5.74) is 0. The first kappa shape index (κ1) is 18.7. The predicted octanol–water partition coefficient (Wildman–Crippen LogP) is 3.52. The van der Waals surface area contributed by atoms with Crippen LogP contribution in [0.1, 0.15) is 57.8 Å². The van der Waals surface area contributed by atoms with Crippen LogP contribution in [0.5, 0.6) is 0 Å². The minimum Gasteiger partial charge on any atom is -0.512 e. The Bertz CT molecular complexity index is 482. The highest BCUT2D eigenvalue weighted by Crippen LogP contribution is 2.52. The van der Waals surface area contributed by atoms with E-state index >= 15 is 0 Å². The lowest BCUT2D eigenvalue weighted by atomic mass is 9.87. The minimum atomic E-state index is -0.927. The molecular weight excluding hydrogens is 320 g/mol. The maximum Gasteiger partial charge on any atom is 0.329 e. The van der Waals surface area contributed by atoms with Crippen LogP contribution in [0.2, 0.25) is 0 Å². The van der Waals surface area contributed by atoms with Crippen molar-refractivity contribution in [1.29, 1.82) is 0 Å². The van der Waals surface area contributed by atoms with Gasteiger partial charge >= 0.3 is 5.97 Å². The van der Waals surface area contributed by atoms with E-state index in [4.69, 9.17) is 9.84 Å². The van der Waals surface area contributed by atoms with Crippen molar-refractivity contribution in [2.75, 3.05) is 13.2 Å². The number of carboxylic acid groups (broad SMARTS) is 1. The summed E-state index contributed by atoms with van der Waals surface area (Å²) in [6.45, 7) is 0.249. The van der Waals surface area contributed by atoms with Crippen LogP contribution in [-0.2, 0) is 9.53 Å². The Morgan fingerprint density at radius 3 is 2.56 bits per heavy atom. The first-order valence-electron chi connectivity index (χ1n) is 9.91. The first-order chi connectivity index (χ1) is 12.0. The summed E-state index contributed by atoms with van der Waals surface area (Å²) >= 11 is 0. The molecule has 5 nitrogen and oxygen atoms in total. The molecule has 3 saturated carbocycles. The Morgan fingerprint density at radius 2 is 1.84 bits per heavy atom. The van der Waals surface area contributed by atoms with Crippen molar-refractivity contribution in [3.8, 4) is 0 Å². The topological polar surface area (TPSA) is 87.0 Å². The molecule has 3 N–H and O–H groups in total. The lowest BCUT2D eigenvalue weighted by molar-refractivity contribution is -0.142. The summed E-state index contributed by atoms with van der Waals surface area (Å²) in [4.78, 5) is 10.5. The van der Waals surface area contributed by atoms with Crippen LogP contribution in [0.4, 0.5) is 0 Å². The highest BCUT2D eigenvalue weighted by molar-refractivity contribution is 5.67. The number of carbonyl (C=O) groups is 1. The van der Waals surface area contributed by atoms with Crippen LogP contribution in [0.15, 0.2) is 11.8 Å². The molecule has 0 spiro atoms. The zero-order chi connectivity index (χ0) is 17.8. The summed E-state index contributed by atoms with van der Waals surface area (Å²) in [7, 11) is 0. The molecule has 3 aliphatic rings. The first-order valence-corrected chi connectivity index (χ1v) is 9.91. The maximum atomic E-state index is 10.6. The van der Waals surface area contributed by atoms with E-state index in [1.807, 2.05) is 6.08 Å². The SMILES string of the molecule is O=C(O)COCC[C@@H]1C[C@@H]2C[C@@H](O)[C@H](C(O)=CCC3CCCC3)[C@@H]2C1. The molecule has 0 unspecified atom stereocenters. The van der Waals surface area contributed by atoms with Gasteiger partial charge in [-0.3, -0.25) is 0 Å². The Labute approximate surface area is 150 Å². The Hall–Kier alpha value is -1.07. The number of aliphatic hydroxyl groups excluding tert-OH is 2. The van der Waals surface area contributed by atoms with Gasteiger partial charge in [0, 0.05) is 12.5 Å². The van der Waals surface area contributed by atoms with Crippen LogP contribution < -0.4 is 0 Å². The second-order valence-electron chi connectivity index (χ2n) is 8.34. The molecule has 5 atom stereocenters. The van der Waals surface area contributed by atoms with E-state index in [2.05, 4.69) is 0 Å². The summed E-state index contributed by atoms with van der Waals surface area (Å²) in [5.74, 6) is 1.45. The van der Waals surface area contributed by atoms with Crippen LogP contribution in [0.25, 0.3) is 0 Å². The van der Waals surface area contributed by atoms with E-state index in [1.165, 1.54) is 25.7 Å². The normalized spacial score (nSPS) is 36.0. The molecule has 0 aliphatic heterocycles. The average Bonchev–Trinajstić information content (AvgIpc) is 3.25. The molecule has 0 aromatic rings. The van der Waals surface area contributed by atoms with Crippen molar-refractivity contribution in [2.24, 2.45) is 29.6 Å². The maximum absolute atomic E-state index is 10.6. The highest BCUT2D eigenvalue weighted by Gasteiger charge is 2.49. The number of carboxylic acids is 1. The third-order valence-electron chi connectivity index (χ3n) is 6.64. The molecule has 0 bridgehead atoms. The molecule has 142 valence electrons. The second kappa shape index (κ2) is 8.54. The van der Waals surface area contributed by atoms with E-state index in [0.29, 0.717) is 36.0 Å². The quantitative estimate of drug-likeness (QED) is 0.459. The molecular formula is C20H32O5. The summed E-state index contributed by atoms with van der Waals surface area (Å²) in [6.07, 6.45) is 11.4. The third kappa shape index (κ3) is 4.76. The number of aliphatic hydroxyl groups is 2. The number of rotatable bonds is 8. The largest absolute Gasteiger partial charge is 0.512 e. The van der Waals surface area contributed by atoms with E-state index in [0.717, 1.165) is 32.1 Å². The Balaban J connectivity index is 1.49. The molecule has 0 aromatic carbocycles. The van der Waals surface area contributed by atoms with Crippen molar-refractivity contribution >= 4 is 5.97 Å². The standard InChI is InChI=1S/C20H32O5/c21-17(6-5-13-3-1-2-4-13)20-16-10-14(7-8-25-12-19(23)24)9-15(16)11-18(20)22/h6,13-16,18,20-22H,1-5,7-12H2,(H,23,24)/t14-,15-,16-,18-,20+/m1/s1. The molecule has 3 fully saturated rings. The number of aliphatic carboxylic acids is 1. The van der Waals surface area contributed by atoms with Gasteiger partial charge in [-0.05, 0) is 61.9 Å². The lowest BCUT2D eigenvalue weighted by Crippen LogP contribution is -2.22. The van der Waals surface area contributed by atoms with Crippen LogP contribution in [0.3, 0.4) is 0 Å². The zero-order valence-corrected chi connectivity index (χ0v) is 15.0. The van der Waals surface area contributed by atoms with Crippen molar-refractivity contribution in [3.63, 3.8) is 0 Å². The lowest BCUT2D eigenvalue weighted by Gasteiger charge is -2.22. The number of allylic oxidation sites excluding steroid dienone is 1. The van der Waals surface area contributed by atoms with Crippen LogP contribution in [-0.4, -0.2) is 40.6 Å². The predicted molar refractivity (Wildman–Crippen MR) is 94.2 cm³/mol. The summed E-state index contributed by atoms with van der Waals surface area (Å²) in [5, 5.41) is 29.6. The van der Waals surface area contributed by atoms with Gasteiger partial charge in [-0.2, -0.15) is 0 Å². The fourth-order valence-corrected chi connectivity index (χ4v) is 5.46. The molecule has 25 heavy (non-hydrogen) atoms. The molecule has 3 aliphatic carbocycles. The summed E-state index contributed by atoms with van der Waals surface area (Å²) < 4.78 is 5.16. The van der Waals surface area contributed by atoms with E-state index in [9.17, 15) is 15.0 Å². The van der Waals surface area contributed by atoms with Gasteiger partial charge in [0.1, 0.15) is 6.61 Å². The van der Waals surface area contributed by atoms with Gasteiger partial charge in [0.2, 0.25) is 0 Å². The highest BCUT2D eigenvalue weighted by atomic mass is 16.5. The van der Waals surface area contributed by atoms with Crippen LogP contribution in [0, 0.1) is 29.6 Å². The van der Waals surface area contributed by atoms with E-state index < -0.39 is 12.1 Å². The van der Waals surface area contributed by atoms with Gasteiger partial charge in [0.25, 0.3) is 0 Å². The molecule has 3 rings (SSSR count). The Morgan fingerprint density at radius 1 is 1.08 bits per heavy atom. The number of fused-ring (bicyclic) bond motifs is 1. The third-order valence-corrected chi connectivity index (χ3v) is 6.64. The van der Waals surface area contributed by atoms with Gasteiger partial charge < -0.3 is 20.1 Å². The average molecular weight is 352 g/mol. The molecule has 0 amide bonds. The van der Waals surface area contributed by atoms with Crippen molar-refractivity contribution in [2.45, 2.75) is 63.9 Å². The van der Waals surface area contributed by atoms with E-state index in [-0.39, 0.29) is 12.5 Å². The Kier molecular flexibility index (Phi) is 6.39. The smallest absolute Gasteiger partial charge is 0.329 e. The van der Waals surface area contributed by atoms with E-state index in [1.54, 1.807) is 0 Å². The molecule has 0 radical (unpaired) electrons.